The Balaban J connectivity index is 1.73. The van der Waals surface area contributed by atoms with Gasteiger partial charge in [-0.25, -0.2) is 18.6 Å². The summed E-state index contributed by atoms with van der Waals surface area (Å²) in [6.45, 7) is 0.580. The predicted octanol–water partition coefficient (Wildman–Crippen LogP) is 2.82. The maximum atomic E-state index is 13.8. The van der Waals surface area contributed by atoms with Gasteiger partial charge in [-0.15, -0.1) is 0 Å². The highest BCUT2D eigenvalue weighted by molar-refractivity contribution is 5.84. The standard InChI is InChI=1S/C15H14F2N2O3/c16-10-2-1-9(12(17)5-10)6-19(11-3-4-11)7-14-18-13(8-22-14)15(20)21/h1-2,5,8,11H,3-4,6-7H2,(H,20,21). The summed E-state index contributed by atoms with van der Waals surface area (Å²) in [6, 6.07) is 3.77. The molecule has 3 rings (SSSR count). The SMILES string of the molecule is O=C(O)c1coc(CN(Cc2ccc(F)cc2F)C2CC2)n1. The van der Waals surface area contributed by atoms with Crippen molar-refractivity contribution in [1.29, 1.82) is 0 Å². The Kier molecular flexibility index (Phi) is 3.89. The van der Waals surface area contributed by atoms with Crippen LogP contribution in [-0.2, 0) is 13.1 Å². The van der Waals surface area contributed by atoms with E-state index in [4.69, 9.17) is 9.52 Å². The Labute approximate surface area is 125 Å². The van der Waals surface area contributed by atoms with Crippen LogP contribution >= 0.6 is 0 Å². The van der Waals surface area contributed by atoms with E-state index in [-0.39, 0.29) is 24.2 Å². The van der Waals surface area contributed by atoms with Crippen molar-refractivity contribution < 1.29 is 23.1 Å². The lowest BCUT2D eigenvalue weighted by Crippen LogP contribution is -2.25. The number of carboxylic acid groups (broad SMARTS) is 1. The lowest BCUT2D eigenvalue weighted by atomic mass is 10.2. The Morgan fingerprint density at radius 3 is 2.73 bits per heavy atom. The number of nitrogens with zero attached hydrogens (tertiary/aromatic N) is 2. The van der Waals surface area contributed by atoms with E-state index in [0.29, 0.717) is 12.1 Å². The molecule has 116 valence electrons. The van der Waals surface area contributed by atoms with E-state index in [9.17, 15) is 13.6 Å². The van der Waals surface area contributed by atoms with Crippen LogP contribution in [0.5, 0.6) is 0 Å². The summed E-state index contributed by atoms with van der Waals surface area (Å²) < 4.78 is 31.8. The van der Waals surface area contributed by atoms with Crippen LogP contribution in [0.15, 0.2) is 28.9 Å². The highest BCUT2D eigenvalue weighted by atomic mass is 19.1. The predicted molar refractivity (Wildman–Crippen MR) is 72.1 cm³/mol. The molecule has 0 bridgehead atoms. The molecule has 22 heavy (non-hydrogen) atoms. The molecule has 1 aromatic carbocycles. The fourth-order valence-corrected chi connectivity index (χ4v) is 2.28. The molecular formula is C15H14F2N2O3. The third kappa shape index (κ3) is 3.30. The number of carbonyl (C=O) groups is 1. The average Bonchev–Trinajstić information content (AvgIpc) is 3.20. The molecule has 1 saturated carbocycles. The second-order valence-electron chi connectivity index (χ2n) is 5.30. The molecule has 0 saturated heterocycles. The molecule has 1 aromatic heterocycles. The number of carboxylic acids is 1. The van der Waals surface area contributed by atoms with Crippen molar-refractivity contribution >= 4 is 5.97 Å². The summed E-state index contributed by atoms with van der Waals surface area (Å²) in [5, 5.41) is 8.83. The molecule has 0 radical (unpaired) electrons. The van der Waals surface area contributed by atoms with Gasteiger partial charge in [0.2, 0.25) is 5.89 Å². The molecule has 5 nitrogen and oxygen atoms in total. The van der Waals surface area contributed by atoms with E-state index in [1.807, 2.05) is 4.90 Å². The summed E-state index contributed by atoms with van der Waals surface area (Å²) in [5.41, 5.74) is 0.233. The third-order valence-electron chi connectivity index (χ3n) is 3.56. The summed E-state index contributed by atoms with van der Waals surface area (Å²) >= 11 is 0. The van der Waals surface area contributed by atoms with Crippen LogP contribution in [-0.4, -0.2) is 27.0 Å². The molecule has 1 N–H and O–H groups in total. The number of hydrogen-bond acceptors (Lipinski definition) is 4. The fraction of sp³-hybridized carbons (Fsp3) is 0.333. The molecule has 0 aliphatic heterocycles. The van der Waals surface area contributed by atoms with Crippen LogP contribution in [0, 0.1) is 11.6 Å². The lowest BCUT2D eigenvalue weighted by molar-refractivity contribution is 0.0690. The first-order valence-corrected chi connectivity index (χ1v) is 6.88. The van der Waals surface area contributed by atoms with Crippen molar-refractivity contribution in [3.63, 3.8) is 0 Å². The molecule has 1 heterocycles. The number of rotatable bonds is 6. The van der Waals surface area contributed by atoms with Crippen LogP contribution in [0.4, 0.5) is 8.78 Å². The Morgan fingerprint density at radius 2 is 2.14 bits per heavy atom. The number of aromatic carboxylic acids is 1. The van der Waals surface area contributed by atoms with E-state index in [1.165, 1.54) is 12.1 Å². The first kappa shape index (κ1) is 14.6. The molecule has 0 spiro atoms. The first-order valence-electron chi connectivity index (χ1n) is 6.88. The van der Waals surface area contributed by atoms with Gasteiger partial charge in [-0.05, 0) is 18.9 Å². The maximum absolute atomic E-state index is 13.8. The van der Waals surface area contributed by atoms with Gasteiger partial charge in [0.25, 0.3) is 0 Å². The molecular weight excluding hydrogens is 294 g/mol. The van der Waals surface area contributed by atoms with Crippen molar-refractivity contribution in [2.75, 3.05) is 0 Å². The summed E-state index contributed by atoms with van der Waals surface area (Å²) in [7, 11) is 0. The highest BCUT2D eigenvalue weighted by Crippen LogP contribution is 2.30. The molecule has 0 atom stereocenters. The summed E-state index contributed by atoms with van der Waals surface area (Å²) in [5.74, 6) is -2.09. The van der Waals surface area contributed by atoms with Crippen LogP contribution in [0.2, 0.25) is 0 Å². The van der Waals surface area contributed by atoms with Crippen molar-refractivity contribution in [1.82, 2.24) is 9.88 Å². The zero-order valence-electron chi connectivity index (χ0n) is 11.6. The van der Waals surface area contributed by atoms with Gasteiger partial charge in [0.15, 0.2) is 5.69 Å². The highest BCUT2D eigenvalue weighted by Gasteiger charge is 2.30. The minimum absolute atomic E-state index is 0.154. The van der Waals surface area contributed by atoms with Gasteiger partial charge in [0.05, 0.1) is 6.54 Å². The molecule has 1 fully saturated rings. The van der Waals surface area contributed by atoms with Gasteiger partial charge in [0.1, 0.15) is 17.9 Å². The minimum Gasteiger partial charge on any atom is -0.476 e. The van der Waals surface area contributed by atoms with Crippen molar-refractivity contribution in [2.45, 2.75) is 32.0 Å². The van der Waals surface area contributed by atoms with Crippen LogP contribution in [0.1, 0.15) is 34.8 Å². The quantitative estimate of drug-likeness (QED) is 0.889. The van der Waals surface area contributed by atoms with Gasteiger partial charge in [0, 0.05) is 24.2 Å². The van der Waals surface area contributed by atoms with Crippen LogP contribution in [0.25, 0.3) is 0 Å². The largest absolute Gasteiger partial charge is 0.476 e. The van der Waals surface area contributed by atoms with E-state index in [2.05, 4.69) is 4.98 Å². The summed E-state index contributed by atoms with van der Waals surface area (Å²) in [4.78, 5) is 16.6. The number of benzene rings is 1. The third-order valence-corrected chi connectivity index (χ3v) is 3.56. The van der Waals surface area contributed by atoms with E-state index < -0.39 is 17.6 Å². The Hall–Kier alpha value is -2.28. The van der Waals surface area contributed by atoms with Gasteiger partial charge in [-0.1, -0.05) is 6.07 Å². The molecule has 0 unspecified atom stereocenters. The minimum atomic E-state index is -1.16. The van der Waals surface area contributed by atoms with Crippen molar-refractivity contribution in [2.24, 2.45) is 0 Å². The fourth-order valence-electron chi connectivity index (χ4n) is 2.28. The topological polar surface area (TPSA) is 66.6 Å². The van der Waals surface area contributed by atoms with Crippen LogP contribution in [0.3, 0.4) is 0 Å². The monoisotopic (exact) mass is 308 g/mol. The van der Waals surface area contributed by atoms with E-state index in [1.54, 1.807) is 0 Å². The van der Waals surface area contributed by atoms with Gasteiger partial charge < -0.3 is 9.52 Å². The number of hydrogen-bond donors (Lipinski definition) is 1. The van der Waals surface area contributed by atoms with Gasteiger partial charge >= 0.3 is 5.97 Å². The Bertz CT molecular complexity index is 698. The molecule has 1 aliphatic rings. The average molecular weight is 308 g/mol. The molecule has 2 aromatic rings. The maximum Gasteiger partial charge on any atom is 0.357 e. The number of aromatic nitrogens is 1. The number of halogens is 2. The Morgan fingerprint density at radius 1 is 1.36 bits per heavy atom. The summed E-state index contributed by atoms with van der Waals surface area (Å²) in [6.07, 6.45) is 3.05. The number of oxazole rings is 1. The smallest absolute Gasteiger partial charge is 0.357 e. The molecule has 7 heteroatoms. The zero-order valence-corrected chi connectivity index (χ0v) is 11.6. The lowest BCUT2D eigenvalue weighted by Gasteiger charge is -2.20. The second kappa shape index (κ2) is 5.84. The second-order valence-corrected chi connectivity index (χ2v) is 5.30. The first-order chi connectivity index (χ1) is 10.5. The van der Waals surface area contributed by atoms with Crippen molar-refractivity contribution in [3.8, 4) is 0 Å². The van der Waals surface area contributed by atoms with E-state index in [0.717, 1.165) is 25.2 Å². The van der Waals surface area contributed by atoms with E-state index >= 15 is 0 Å². The van der Waals surface area contributed by atoms with Crippen LogP contribution < -0.4 is 0 Å². The van der Waals surface area contributed by atoms with Gasteiger partial charge in [-0.3, -0.25) is 4.90 Å². The zero-order chi connectivity index (χ0) is 15.7. The molecule has 0 amide bonds. The normalized spacial score (nSPS) is 14.5. The molecule has 1 aliphatic carbocycles. The van der Waals surface area contributed by atoms with Gasteiger partial charge in [-0.2, -0.15) is 0 Å². The van der Waals surface area contributed by atoms with Crippen molar-refractivity contribution in [3.05, 3.63) is 53.2 Å².